The number of nitrogens with one attached hydrogen (secondary N) is 1. The van der Waals surface area contributed by atoms with Crippen LogP contribution in [0.1, 0.15) is 6.42 Å². The normalized spacial score (nSPS) is 14.7. The molecule has 1 aliphatic heterocycles. The number of benzene rings is 1. The summed E-state index contributed by atoms with van der Waals surface area (Å²) >= 11 is 5.36. The van der Waals surface area contributed by atoms with Crippen molar-refractivity contribution in [3.05, 3.63) is 47.5 Å². The van der Waals surface area contributed by atoms with E-state index in [1.54, 1.807) is 12.4 Å². The fourth-order valence-electron chi connectivity index (χ4n) is 2.01. The summed E-state index contributed by atoms with van der Waals surface area (Å²) in [5.41, 5.74) is 5.75. The van der Waals surface area contributed by atoms with Crippen molar-refractivity contribution < 1.29 is 4.39 Å². The molecule has 5 nitrogen and oxygen atoms in total. The van der Waals surface area contributed by atoms with E-state index in [2.05, 4.69) is 20.2 Å². The first-order chi connectivity index (χ1) is 10.7. The minimum atomic E-state index is -0.439. The van der Waals surface area contributed by atoms with Crippen molar-refractivity contribution >= 4 is 23.2 Å². The lowest BCUT2D eigenvalue weighted by atomic mass is 10.3. The van der Waals surface area contributed by atoms with Crippen molar-refractivity contribution in [2.45, 2.75) is 6.42 Å². The average Bonchev–Trinajstić information content (AvgIpc) is 2.82. The molecule has 0 bridgehead atoms. The Bertz CT molecular complexity index is 573. The molecule has 2 aromatic rings. The maximum absolute atomic E-state index is 12.3. The second-order valence-corrected chi connectivity index (χ2v) is 5.22. The smallest absolute Gasteiger partial charge is 0.225 e. The molecule has 118 valence electrons. The van der Waals surface area contributed by atoms with Crippen LogP contribution in [0.5, 0.6) is 0 Å². The van der Waals surface area contributed by atoms with E-state index >= 15 is 0 Å². The third-order valence-corrected chi connectivity index (χ3v) is 3.41. The Labute approximate surface area is 134 Å². The zero-order valence-electron chi connectivity index (χ0n) is 12.2. The highest BCUT2D eigenvalue weighted by Crippen LogP contribution is 2.16. The number of rotatable bonds is 1. The summed E-state index contributed by atoms with van der Waals surface area (Å²) in [7, 11) is 0. The van der Waals surface area contributed by atoms with Crippen LogP contribution in [0.3, 0.4) is 0 Å². The van der Waals surface area contributed by atoms with Gasteiger partial charge in [-0.25, -0.2) is 14.4 Å². The fourth-order valence-corrected chi connectivity index (χ4v) is 2.20. The summed E-state index contributed by atoms with van der Waals surface area (Å²) in [6.45, 7) is 4.18. The van der Waals surface area contributed by atoms with Crippen molar-refractivity contribution in [3.8, 4) is 0 Å². The van der Waals surface area contributed by atoms with E-state index in [0.717, 1.165) is 38.5 Å². The predicted octanol–water partition coefficient (Wildman–Crippen LogP) is 2.34. The molecule has 0 spiro atoms. The quantitative estimate of drug-likeness (QED) is 0.788. The Balaban J connectivity index is 0.000000172. The number of anilines is 2. The van der Waals surface area contributed by atoms with E-state index in [4.69, 9.17) is 17.3 Å². The number of nitrogens with zero attached hydrogens (tertiary/aromatic N) is 3. The topological polar surface area (TPSA) is 67.1 Å². The number of nitrogen functional groups attached to an aromatic ring is 1. The highest BCUT2D eigenvalue weighted by atomic mass is 35.5. The summed E-state index contributed by atoms with van der Waals surface area (Å²) in [5, 5.41) is 3.41. The lowest BCUT2D eigenvalue weighted by molar-refractivity contribution is 0.628. The predicted molar refractivity (Wildman–Crippen MR) is 87.6 cm³/mol. The van der Waals surface area contributed by atoms with Crippen LogP contribution in [0, 0.1) is 5.82 Å². The van der Waals surface area contributed by atoms with Gasteiger partial charge in [-0.2, -0.15) is 0 Å². The van der Waals surface area contributed by atoms with Crippen molar-refractivity contribution in [1.82, 2.24) is 15.3 Å². The Hall–Kier alpha value is -1.92. The molecule has 22 heavy (non-hydrogen) atoms. The minimum Gasteiger partial charge on any atom is -0.399 e. The van der Waals surface area contributed by atoms with Gasteiger partial charge in [0.2, 0.25) is 5.95 Å². The third-order valence-electron chi connectivity index (χ3n) is 3.12. The first-order valence-electron chi connectivity index (χ1n) is 7.10. The van der Waals surface area contributed by atoms with E-state index in [9.17, 15) is 4.39 Å². The van der Waals surface area contributed by atoms with Gasteiger partial charge in [0.15, 0.2) is 0 Å². The van der Waals surface area contributed by atoms with Crippen LogP contribution in [-0.4, -0.2) is 36.1 Å². The second-order valence-electron chi connectivity index (χ2n) is 4.81. The van der Waals surface area contributed by atoms with Crippen LogP contribution in [-0.2, 0) is 0 Å². The summed E-state index contributed by atoms with van der Waals surface area (Å²) in [6, 6.07) is 5.91. The van der Waals surface area contributed by atoms with Crippen LogP contribution in [0.15, 0.2) is 36.7 Å². The van der Waals surface area contributed by atoms with Gasteiger partial charge in [0, 0.05) is 37.7 Å². The van der Waals surface area contributed by atoms with Gasteiger partial charge in [-0.05, 0) is 37.2 Å². The Kier molecular flexibility index (Phi) is 6.36. The monoisotopic (exact) mass is 323 g/mol. The van der Waals surface area contributed by atoms with Crippen molar-refractivity contribution in [2.75, 3.05) is 36.8 Å². The standard InChI is InChI=1S/C9H14N4.C6H5ClFN/c1-4-11-9(12-5-1)13-7-2-3-10-6-8-13;7-5-3-4(9)1-2-6(5)8/h1,4-5,10H,2-3,6-8H2;1-3H,9H2. The molecule has 1 aliphatic rings. The number of hydrogen-bond acceptors (Lipinski definition) is 5. The van der Waals surface area contributed by atoms with Gasteiger partial charge < -0.3 is 16.0 Å². The van der Waals surface area contributed by atoms with E-state index in [1.165, 1.54) is 18.2 Å². The van der Waals surface area contributed by atoms with Gasteiger partial charge in [-0.1, -0.05) is 11.6 Å². The van der Waals surface area contributed by atoms with Crippen LogP contribution in [0.2, 0.25) is 5.02 Å². The molecule has 2 heterocycles. The molecule has 1 aromatic carbocycles. The van der Waals surface area contributed by atoms with Crippen molar-refractivity contribution in [1.29, 1.82) is 0 Å². The molecule has 3 N–H and O–H groups in total. The van der Waals surface area contributed by atoms with Crippen LogP contribution >= 0.6 is 11.6 Å². The van der Waals surface area contributed by atoms with Gasteiger partial charge in [0.25, 0.3) is 0 Å². The lowest BCUT2D eigenvalue weighted by Gasteiger charge is -2.18. The van der Waals surface area contributed by atoms with Gasteiger partial charge in [0.05, 0.1) is 5.02 Å². The van der Waals surface area contributed by atoms with E-state index in [-0.39, 0.29) is 5.02 Å². The van der Waals surface area contributed by atoms with Crippen LogP contribution in [0.25, 0.3) is 0 Å². The van der Waals surface area contributed by atoms with E-state index in [0.29, 0.717) is 5.69 Å². The molecule has 0 amide bonds. The van der Waals surface area contributed by atoms with Gasteiger partial charge in [-0.15, -0.1) is 0 Å². The second kappa shape index (κ2) is 8.51. The number of halogens is 2. The molecule has 0 aliphatic carbocycles. The molecule has 3 rings (SSSR count). The molecule has 1 saturated heterocycles. The summed E-state index contributed by atoms with van der Waals surface area (Å²) in [6.07, 6.45) is 4.75. The highest BCUT2D eigenvalue weighted by Gasteiger charge is 2.10. The minimum absolute atomic E-state index is 0.0648. The van der Waals surface area contributed by atoms with Crippen LogP contribution in [0.4, 0.5) is 16.0 Å². The first-order valence-corrected chi connectivity index (χ1v) is 7.48. The maximum Gasteiger partial charge on any atom is 0.225 e. The lowest BCUT2D eigenvalue weighted by Crippen LogP contribution is -2.29. The Morgan fingerprint density at radius 3 is 2.64 bits per heavy atom. The van der Waals surface area contributed by atoms with Gasteiger partial charge in [-0.3, -0.25) is 0 Å². The van der Waals surface area contributed by atoms with Gasteiger partial charge >= 0.3 is 0 Å². The summed E-state index contributed by atoms with van der Waals surface area (Å²) in [4.78, 5) is 10.7. The molecule has 7 heteroatoms. The molecule has 1 fully saturated rings. The largest absolute Gasteiger partial charge is 0.399 e. The third kappa shape index (κ3) is 5.13. The first kappa shape index (κ1) is 16.5. The number of nitrogens with two attached hydrogens (primary N) is 1. The molecule has 0 atom stereocenters. The Morgan fingerprint density at radius 1 is 1.18 bits per heavy atom. The summed E-state index contributed by atoms with van der Waals surface area (Å²) < 4.78 is 12.3. The molecular weight excluding hydrogens is 305 g/mol. The van der Waals surface area contributed by atoms with E-state index < -0.39 is 5.82 Å². The average molecular weight is 324 g/mol. The maximum atomic E-state index is 12.3. The molecular formula is C15H19ClFN5. The molecule has 0 saturated carbocycles. The molecule has 1 aromatic heterocycles. The van der Waals surface area contributed by atoms with Crippen molar-refractivity contribution in [3.63, 3.8) is 0 Å². The SMILES string of the molecule is Nc1ccc(F)c(Cl)c1.c1cnc(N2CCCNCC2)nc1. The van der Waals surface area contributed by atoms with Crippen molar-refractivity contribution in [2.24, 2.45) is 0 Å². The molecule has 0 unspecified atom stereocenters. The molecule has 0 radical (unpaired) electrons. The zero-order chi connectivity index (χ0) is 15.8. The van der Waals surface area contributed by atoms with Crippen LogP contribution < -0.4 is 16.0 Å². The fraction of sp³-hybridized carbons (Fsp3) is 0.333. The zero-order valence-corrected chi connectivity index (χ0v) is 12.9. The number of hydrogen-bond donors (Lipinski definition) is 2. The highest BCUT2D eigenvalue weighted by molar-refractivity contribution is 6.31. The number of aromatic nitrogens is 2. The van der Waals surface area contributed by atoms with E-state index in [1.807, 2.05) is 6.07 Å². The summed E-state index contributed by atoms with van der Waals surface area (Å²) in [5.74, 6) is 0.414. The van der Waals surface area contributed by atoms with Gasteiger partial charge in [0.1, 0.15) is 5.82 Å². The Morgan fingerprint density at radius 2 is 1.95 bits per heavy atom.